The molecular formula is C19H28N2O3. The summed E-state index contributed by atoms with van der Waals surface area (Å²) in [6.07, 6.45) is 8.06. The molecule has 5 nitrogen and oxygen atoms in total. The predicted molar refractivity (Wildman–Crippen MR) is 91.5 cm³/mol. The highest BCUT2D eigenvalue weighted by Gasteiger charge is 2.33. The molecule has 0 N–H and O–H groups in total. The van der Waals surface area contributed by atoms with Gasteiger partial charge in [0.2, 0.25) is 5.91 Å². The van der Waals surface area contributed by atoms with E-state index in [1.165, 1.54) is 25.4 Å². The monoisotopic (exact) mass is 332 g/mol. The van der Waals surface area contributed by atoms with E-state index in [0.29, 0.717) is 36.5 Å². The smallest absolute Gasteiger partial charge is 0.257 e. The molecule has 2 amide bonds. The van der Waals surface area contributed by atoms with E-state index in [4.69, 9.17) is 4.42 Å². The molecule has 2 aliphatic rings. The second-order valence-corrected chi connectivity index (χ2v) is 7.45. The van der Waals surface area contributed by atoms with Gasteiger partial charge in [-0.05, 0) is 44.6 Å². The number of piperidine rings is 1. The fourth-order valence-corrected chi connectivity index (χ4v) is 3.96. The maximum Gasteiger partial charge on any atom is 0.257 e. The van der Waals surface area contributed by atoms with Crippen LogP contribution in [0.15, 0.2) is 23.0 Å². The SMILES string of the molecule is CC1CCCC(C)N(C(=O)C2CCN(C(=O)c3ccoc3)CC2)C1. The van der Waals surface area contributed by atoms with Gasteiger partial charge in [0.05, 0.1) is 11.8 Å². The van der Waals surface area contributed by atoms with Crippen molar-refractivity contribution < 1.29 is 14.0 Å². The van der Waals surface area contributed by atoms with Crippen molar-refractivity contribution >= 4 is 11.8 Å². The van der Waals surface area contributed by atoms with Gasteiger partial charge in [0.15, 0.2) is 0 Å². The van der Waals surface area contributed by atoms with Crippen molar-refractivity contribution in [3.63, 3.8) is 0 Å². The molecule has 0 bridgehead atoms. The number of carbonyl (C=O) groups excluding carboxylic acids is 2. The first kappa shape index (κ1) is 17.1. The number of hydrogen-bond acceptors (Lipinski definition) is 3. The Balaban J connectivity index is 1.57. The molecule has 0 spiro atoms. The lowest BCUT2D eigenvalue weighted by Crippen LogP contribution is -2.47. The Labute approximate surface area is 144 Å². The average molecular weight is 332 g/mol. The summed E-state index contributed by atoms with van der Waals surface area (Å²) in [6, 6.07) is 2.04. The van der Waals surface area contributed by atoms with Crippen LogP contribution in [0.4, 0.5) is 0 Å². The summed E-state index contributed by atoms with van der Waals surface area (Å²) in [5.41, 5.74) is 0.592. The van der Waals surface area contributed by atoms with Crippen LogP contribution in [0.2, 0.25) is 0 Å². The summed E-state index contributed by atoms with van der Waals surface area (Å²) in [4.78, 5) is 29.3. The van der Waals surface area contributed by atoms with E-state index in [2.05, 4.69) is 18.7 Å². The number of rotatable bonds is 2. The summed E-state index contributed by atoms with van der Waals surface area (Å²) in [7, 11) is 0. The molecule has 132 valence electrons. The van der Waals surface area contributed by atoms with E-state index in [0.717, 1.165) is 25.8 Å². The number of hydrogen-bond donors (Lipinski definition) is 0. The zero-order chi connectivity index (χ0) is 17.1. The van der Waals surface area contributed by atoms with Gasteiger partial charge in [0.25, 0.3) is 5.91 Å². The predicted octanol–water partition coefficient (Wildman–Crippen LogP) is 3.17. The van der Waals surface area contributed by atoms with Gasteiger partial charge in [0.1, 0.15) is 6.26 Å². The minimum atomic E-state index is 0.00594. The quantitative estimate of drug-likeness (QED) is 0.836. The lowest BCUT2D eigenvalue weighted by atomic mass is 9.94. The van der Waals surface area contributed by atoms with Crippen LogP contribution < -0.4 is 0 Å². The Morgan fingerprint density at radius 2 is 1.88 bits per heavy atom. The van der Waals surface area contributed by atoms with Crippen LogP contribution in [0, 0.1) is 11.8 Å². The molecule has 0 aliphatic carbocycles. The number of likely N-dealkylation sites (tertiary alicyclic amines) is 2. The van der Waals surface area contributed by atoms with Gasteiger partial charge in [-0.1, -0.05) is 13.3 Å². The highest BCUT2D eigenvalue weighted by molar-refractivity contribution is 5.94. The average Bonchev–Trinajstić information content (AvgIpc) is 3.07. The molecule has 2 atom stereocenters. The van der Waals surface area contributed by atoms with Crippen molar-refractivity contribution in [3.8, 4) is 0 Å². The summed E-state index contributed by atoms with van der Waals surface area (Å²) in [5.74, 6) is 0.950. The number of furan rings is 1. The minimum Gasteiger partial charge on any atom is -0.472 e. The Kier molecular flexibility index (Phi) is 5.27. The molecule has 0 radical (unpaired) electrons. The highest BCUT2D eigenvalue weighted by atomic mass is 16.3. The number of amides is 2. The van der Waals surface area contributed by atoms with Gasteiger partial charge >= 0.3 is 0 Å². The van der Waals surface area contributed by atoms with Crippen molar-refractivity contribution in [1.29, 1.82) is 0 Å². The van der Waals surface area contributed by atoms with Crippen molar-refractivity contribution in [3.05, 3.63) is 24.2 Å². The third-order valence-electron chi connectivity index (χ3n) is 5.54. The topological polar surface area (TPSA) is 53.8 Å². The second-order valence-electron chi connectivity index (χ2n) is 7.45. The van der Waals surface area contributed by atoms with E-state index in [1.807, 2.05) is 4.90 Å². The minimum absolute atomic E-state index is 0.00594. The van der Waals surface area contributed by atoms with Crippen LogP contribution in [-0.2, 0) is 4.79 Å². The van der Waals surface area contributed by atoms with Crippen LogP contribution in [0.3, 0.4) is 0 Å². The van der Waals surface area contributed by atoms with Crippen LogP contribution in [0.25, 0.3) is 0 Å². The first-order valence-corrected chi connectivity index (χ1v) is 9.18. The maximum absolute atomic E-state index is 13.0. The summed E-state index contributed by atoms with van der Waals surface area (Å²) in [6.45, 7) is 6.60. The molecule has 3 rings (SSSR count). The number of carbonyl (C=O) groups is 2. The fourth-order valence-electron chi connectivity index (χ4n) is 3.96. The molecule has 2 saturated heterocycles. The van der Waals surface area contributed by atoms with Crippen LogP contribution in [-0.4, -0.2) is 47.3 Å². The van der Waals surface area contributed by atoms with Crippen molar-refractivity contribution in [2.75, 3.05) is 19.6 Å². The van der Waals surface area contributed by atoms with E-state index < -0.39 is 0 Å². The molecule has 0 aromatic carbocycles. The molecular weight excluding hydrogens is 304 g/mol. The second kappa shape index (κ2) is 7.41. The molecule has 2 unspecified atom stereocenters. The zero-order valence-electron chi connectivity index (χ0n) is 14.7. The number of nitrogens with zero attached hydrogens (tertiary/aromatic N) is 2. The van der Waals surface area contributed by atoms with Gasteiger partial charge in [-0.3, -0.25) is 9.59 Å². The maximum atomic E-state index is 13.0. The van der Waals surface area contributed by atoms with Gasteiger partial charge in [0, 0.05) is 31.6 Å². The highest BCUT2D eigenvalue weighted by Crippen LogP contribution is 2.26. The Morgan fingerprint density at radius 1 is 1.12 bits per heavy atom. The van der Waals surface area contributed by atoms with Gasteiger partial charge in [-0.25, -0.2) is 0 Å². The molecule has 3 heterocycles. The lowest BCUT2D eigenvalue weighted by Gasteiger charge is -2.36. The molecule has 24 heavy (non-hydrogen) atoms. The zero-order valence-corrected chi connectivity index (χ0v) is 14.7. The van der Waals surface area contributed by atoms with E-state index in [9.17, 15) is 9.59 Å². The van der Waals surface area contributed by atoms with Crippen LogP contribution >= 0.6 is 0 Å². The van der Waals surface area contributed by atoms with Gasteiger partial charge in [-0.2, -0.15) is 0 Å². The summed E-state index contributed by atoms with van der Waals surface area (Å²) >= 11 is 0. The van der Waals surface area contributed by atoms with Gasteiger partial charge in [-0.15, -0.1) is 0 Å². The molecule has 1 aromatic heterocycles. The van der Waals surface area contributed by atoms with Crippen molar-refractivity contribution in [1.82, 2.24) is 9.80 Å². The van der Waals surface area contributed by atoms with Crippen LogP contribution in [0.1, 0.15) is 56.3 Å². The first-order chi connectivity index (χ1) is 11.6. The Bertz CT molecular complexity index is 561. The standard InChI is InChI=1S/C19H28N2O3/c1-14-4-3-5-15(2)21(12-14)19(23)16-6-9-20(10-7-16)18(22)17-8-11-24-13-17/h8,11,13-16H,3-7,9-10,12H2,1-2H3. The Hall–Kier alpha value is -1.78. The molecule has 0 saturated carbocycles. The normalized spacial score (nSPS) is 26.2. The summed E-state index contributed by atoms with van der Waals surface area (Å²) in [5, 5.41) is 0. The first-order valence-electron chi connectivity index (χ1n) is 9.18. The summed E-state index contributed by atoms with van der Waals surface area (Å²) < 4.78 is 4.99. The van der Waals surface area contributed by atoms with Crippen molar-refractivity contribution in [2.45, 2.75) is 52.0 Å². The van der Waals surface area contributed by atoms with Crippen LogP contribution in [0.5, 0.6) is 0 Å². The van der Waals surface area contributed by atoms with Gasteiger partial charge < -0.3 is 14.2 Å². The lowest BCUT2D eigenvalue weighted by molar-refractivity contribution is -0.139. The fraction of sp³-hybridized carbons (Fsp3) is 0.684. The Morgan fingerprint density at radius 3 is 2.54 bits per heavy atom. The third kappa shape index (κ3) is 3.65. The van der Waals surface area contributed by atoms with E-state index in [-0.39, 0.29) is 11.8 Å². The third-order valence-corrected chi connectivity index (χ3v) is 5.54. The molecule has 1 aromatic rings. The molecule has 2 fully saturated rings. The molecule has 5 heteroatoms. The largest absolute Gasteiger partial charge is 0.472 e. The van der Waals surface area contributed by atoms with E-state index >= 15 is 0 Å². The van der Waals surface area contributed by atoms with E-state index in [1.54, 1.807) is 6.07 Å². The molecule has 2 aliphatic heterocycles. The van der Waals surface area contributed by atoms with Crippen molar-refractivity contribution in [2.24, 2.45) is 11.8 Å².